The molecule has 0 aliphatic heterocycles. The van der Waals surface area contributed by atoms with Gasteiger partial charge in [-0.15, -0.1) is 0 Å². The first-order valence-corrected chi connectivity index (χ1v) is 23.2. The van der Waals surface area contributed by atoms with Crippen LogP contribution < -0.4 is 4.74 Å². The number of rotatable bonds is 26. The van der Waals surface area contributed by atoms with Gasteiger partial charge in [0.2, 0.25) is 0 Å². The highest BCUT2D eigenvalue weighted by atomic mass is 16.5. The van der Waals surface area contributed by atoms with E-state index in [4.69, 9.17) is 14.2 Å². The quantitative estimate of drug-likeness (QED) is 0.0553. The van der Waals surface area contributed by atoms with Crippen LogP contribution in [0.5, 0.6) is 5.75 Å². The van der Waals surface area contributed by atoms with E-state index in [9.17, 15) is 19.8 Å². The van der Waals surface area contributed by atoms with Crippen molar-refractivity contribution in [3.8, 4) is 16.9 Å². The highest BCUT2D eigenvalue weighted by Gasteiger charge is 2.29. The molecule has 330 valence electrons. The molecular formula is C53H76O7. The topological polar surface area (TPSA) is 102 Å². The second-order valence-corrected chi connectivity index (χ2v) is 17.7. The third kappa shape index (κ3) is 14.3. The van der Waals surface area contributed by atoms with Gasteiger partial charge in [0.1, 0.15) is 5.75 Å². The van der Waals surface area contributed by atoms with Crippen LogP contribution in [0.15, 0.2) is 72.9 Å². The lowest BCUT2D eigenvalue weighted by atomic mass is 9.72. The molecule has 0 amide bonds. The molecule has 2 aromatic carbocycles. The molecule has 2 aromatic rings. The second-order valence-electron chi connectivity index (χ2n) is 17.7. The molecule has 7 heteroatoms. The Bertz CT molecular complexity index is 1720. The monoisotopic (exact) mass is 825 g/mol. The first kappa shape index (κ1) is 48.7. The maximum Gasteiger partial charge on any atom is 0.333 e. The summed E-state index contributed by atoms with van der Waals surface area (Å²) in [5.74, 6) is 2.31. The van der Waals surface area contributed by atoms with Gasteiger partial charge in [0.25, 0.3) is 0 Å². The Kier molecular flexibility index (Phi) is 20.4. The van der Waals surface area contributed by atoms with E-state index in [1.165, 1.54) is 68.1 Å². The van der Waals surface area contributed by atoms with Crippen LogP contribution in [0.25, 0.3) is 16.7 Å². The number of aryl methyl sites for hydroxylation is 3. The Labute approximate surface area is 362 Å². The molecule has 7 nitrogen and oxygen atoms in total. The lowest BCUT2D eigenvalue weighted by Crippen LogP contribution is -2.31. The molecule has 2 aliphatic carbocycles. The molecule has 0 spiro atoms. The van der Waals surface area contributed by atoms with Crippen LogP contribution in [-0.2, 0) is 38.3 Å². The van der Waals surface area contributed by atoms with Crippen LogP contribution in [0.4, 0.5) is 0 Å². The molecule has 0 heterocycles. The van der Waals surface area contributed by atoms with Gasteiger partial charge < -0.3 is 24.4 Å². The van der Waals surface area contributed by atoms with Gasteiger partial charge in [-0.2, -0.15) is 0 Å². The molecule has 0 saturated heterocycles. The van der Waals surface area contributed by atoms with Crippen LogP contribution >= 0.6 is 0 Å². The number of allylic oxidation sites excluding steroid dienone is 4. The summed E-state index contributed by atoms with van der Waals surface area (Å²) in [6, 6.07) is 11.3. The number of benzene rings is 2. The number of hydrogen-bond donors (Lipinski definition) is 2. The lowest BCUT2D eigenvalue weighted by molar-refractivity contribution is -0.139. The van der Waals surface area contributed by atoms with E-state index in [1.54, 1.807) is 13.8 Å². The first-order chi connectivity index (χ1) is 29.0. The fraction of sp³-hybridized carbons (Fsp3) is 0.585. The van der Waals surface area contributed by atoms with Crippen LogP contribution in [0.2, 0.25) is 0 Å². The molecule has 2 aliphatic rings. The molecule has 0 aromatic heterocycles. The molecule has 0 radical (unpaired) electrons. The Morgan fingerprint density at radius 1 is 0.750 bits per heavy atom. The summed E-state index contributed by atoms with van der Waals surface area (Å²) in [6.07, 6.45) is 24.7. The molecule has 4 rings (SSSR count). The number of hydrogen-bond acceptors (Lipinski definition) is 7. The van der Waals surface area contributed by atoms with Crippen molar-refractivity contribution in [2.45, 2.75) is 144 Å². The van der Waals surface area contributed by atoms with Gasteiger partial charge in [0, 0.05) is 16.6 Å². The molecule has 1 saturated carbocycles. The van der Waals surface area contributed by atoms with Crippen molar-refractivity contribution >= 4 is 17.5 Å². The summed E-state index contributed by atoms with van der Waals surface area (Å²) in [5, 5.41) is 20.5. The number of unbranched alkanes of at least 4 members (excludes halogenated alkanes) is 2. The van der Waals surface area contributed by atoms with E-state index in [0.29, 0.717) is 62.2 Å². The van der Waals surface area contributed by atoms with Crippen LogP contribution in [-0.4, -0.2) is 55.2 Å². The number of esters is 2. The Morgan fingerprint density at radius 2 is 1.37 bits per heavy atom. The fourth-order valence-electron chi connectivity index (χ4n) is 9.10. The van der Waals surface area contributed by atoms with Crippen molar-refractivity contribution < 1.29 is 34.0 Å². The second kappa shape index (κ2) is 25.1. The van der Waals surface area contributed by atoms with E-state index in [0.717, 1.165) is 59.1 Å². The highest BCUT2D eigenvalue weighted by molar-refractivity contribution is 5.87. The molecule has 0 bridgehead atoms. The molecule has 2 N–H and O–H groups in total. The smallest absolute Gasteiger partial charge is 0.333 e. The number of carbonyl (C=O) groups is 2. The summed E-state index contributed by atoms with van der Waals surface area (Å²) in [4.78, 5) is 24.4. The average Bonchev–Trinajstić information content (AvgIpc) is 3.26. The van der Waals surface area contributed by atoms with Gasteiger partial charge in [0.05, 0.1) is 33.0 Å². The van der Waals surface area contributed by atoms with Crippen molar-refractivity contribution in [1.29, 1.82) is 0 Å². The minimum Gasteiger partial charge on any atom is -0.493 e. The maximum absolute atomic E-state index is 12.2. The zero-order valence-electron chi connectivity index (χ0n) is 37.8. The van der Waals surface area contributed by atoms with E-state index < -0.39 is 17.4 Å². The number of aliphatic hydroxyl groups excluding tert-OH is 2. The fourth-order valence-corrected chi connectivity index (χ4v) is 9.10. The van der Waals surface area contributed by atoms with E-state index in [1.807, 2.05) is 6.92 Å². The average molecular weight is 825 g/mol. The minimum atomic E-state index is -0.628. The predicted molar refractivity (Wildman–Crippen MR) is 246 cm³/mol. The van der Waals surface area contributed by atoms with Gasteiger partial charge in [0.15, 0.2) is 0 Å². The summed E-state index contributed by atoms with van der Waals surface area (Å²) < 4.78 is 17.6. The minimum absolute atomic E-state index is 0.120. The Hall–Kier alpha value is -3.94. The molecule has 1 fully saturated rings. The van der Waals surface area contributed by atoms with Gasteiger partial charge in [-0.25, -0.2) is 9.59 Å². The van der Waals surface area contributed by atoms with Crippen molar-refractivity contribution in [3.63, 3.8) is 0 Å². The van der Waals surface area contributed by atoms with E-state index in [-0.39, 0.29) is 26.4 Å². The molecular weight excluding hydrogens is 749 g/mol. The van der Waals surface area contributed by atoms with Gasteiger partial charge in [-0.3, -0.25) is 0 Å². The molecule has 60 heavy (non-hydrogen) atoms. The number of aliphatic hydroxyl groups is 2. The maximum atomic E-state index is 12.2. The third-order valence-corrected chi connectivity index (χ3v) is 12.9. The zero-order chi connectivity index (χ0) is 43.5. The number of ether oxygens (including phenoxy) is 3. The predicted octanol–water partition coefficient (Wildman–Crippen LogP) is 11.9. The largest absolute Gasteiger partial charge is 0.493 e. The standard InChI is InChI=1S/C53H76O7/c1-8-11-12-15-40-18-20-42(21-19-40)43-22-24-44(25-23-43)45-26-27-49(41(10-3)33-45)48-34-46(16-13-30-59-51(56)38(4)5)50(58-32-29-53(36-54,37-55)28-9-2)47(35-48)17-14-31-60-52(57)39(6)7/h22,24-27,33-35,40,42-43,54-55H,4,6,8-21,23,28-32,36-37H2,1-3,5,7H3. The molecule has 1 atom stereocenters. The Balaban J connectivity index is 1.62. The van der Waals surface area contributed by atoms with Crippen molar-refractivity contribution in [1.82, 2.24) is 0 Å². The zero-order valence-corrected chi connectivity index (χ0v) is 37.8. The van der Waals surface area contributed by atoms with Crippen LogP contribution in [0, 0.1) is 23.2 Å². The third-order valence-electron chi connectivity index (χ3n) is 12.9. The Morgan fingerprint density at radius 3 is 1.88 bits per heavy atom. The lowest BCUT2D eigenvalue weighted by Gasteiger charge is -2.33. The van der Waals surface area contributed by atoms with Crippen molar-refractivity contribution in [3.05, 3.63) is 95.1 Å². The first-order valence-electron chi connectivity index (χ1n) is 23.2. The van der Waals surface area contributed by atoms with E-state index in [2.05, 4.69) is 75.6 Å². The van der Waals surface area contributed by atoms with Gasteiger partial charge >= 0.3 is 11.9 Å². The number of carbonyl (C=O) groups excluding carboxylic acids is 2. The van der Waals surface area contributed by atoms with E-state index >= 15 is 0 Å². The van der Waals surface area contributed by atoms with Gasteiger partial charge in [-0.1, -0.05) is 115 Å². The summed E-state index contributed by atoms with van der Waals surface area (Å²) in [5.41, 5.74) is 8.13. The summed E-state index contributed by atoms with van der Waals surface area (Å²) in [7, 11) is 0. The van der Waals surface area contributed by atoms with Crippen molar-refractivity contribution in [2.75, 3.05) is 33.0 Å². The van der Waals surface area contributed by atoms with Crippen LogP contribution in [0.3, 0.4) is 0 Å². The van der Waals surface area contributed by atoms with Crippen LogP contribution in [0.1, 0.15) is 147 Å². The van der Waals surface area contributed by atoms with Gasteiger partial charge in [-0.05, 0) is 147 Å². The summed E-state index contributed by atoms with van der Waals surface area (Å²) in [6.45, 7) is 17.8. The normalized spacial score (nSPS) is 17.9. The molecule has 1 unspecified atom stereocenters. The SMILES string of the molecule is C=C(C)C(=O)OCCCc1cc(-c2ccc(C3=CCC(C4CCC(CCCCC)CC4)C=C3)cc2CC)cc(CCCOC(=O)C(=C)C)c1OCCC(CO)(CO)CCC. The summed E-state index contributed by atoms with van der Waals surface area (Å²) >= 11 is 0. The van der Waals surface area contributed by atoms with Crippen molar-refractivity contribution in [2.24, 2.45) is 23.2 Å². The highest BCUT2D eigenvalue weighted by Crippen LogP contribution is 2.41.